The van der Waals surface area contributed by atoms with Gasteiger partial charge in [0.05, 0.1) is 23.9 Å². The molecule has 0 bridgehead atoms. The van der Waals surface area contributed by atoms with E-state index in [1.165, 1.54) is 6.42 Å². The average molecular weight is 559 g/mol. The second-order valence-corrected chi connectivity index (χ2v) is 11.0. The maximum atomic E-state index is 13.7. The third kappa shape index (κ3) is 5.12. The molecule has 3 heterocycles. The lowest BCUT2D eigenvalue weighted by atomic mass is 9.91. The standard InChI is InChI=1S/C31H28Cl2N4O2/c32-21-13-14-25-23(17-21)29(20-9-3-1-4-10-20)30(31(39)34-25)26-18-27(22-11-5-6-12-24(22)33)37(35-26)28(38)19-36-15-7-2-8-16-36/h1,3-6,9-14,17,27H,2,7-8,15-16,18-19H2,(H,34,39)/t27-/m1/s1. The molecular weight excluding hydrogens is 531 g/mol. The molecule has 1 atom stereocenters. The Labute approximate surface area is 236 Å². The second kappa shape index (κ2) is 11.0. The van der Waals surface area contributed by atoms with E-state index in [0.717, 1.165) is 48.0 Å². The Morgan fingerprint density at radius 1 is 0.923 bits per heavy atom. The van der Waals surface area contributed by atoms with E-state index in [2.05, 4.69) is 9.88 Å². The summed E-state index contributed by atoms with van der Waals surface area (Å²) >= 11 is 13.0. The molecule has 2 aliphatic rings. The number of carbonyl (C=O) groups excluding carboxylic acids is 1. The van der Waals surface area contributed by atoms with E-state index in [0.29, 0.717) is 33.3 Å². The first-order chi connectivity index (χ1) is 19.0. The summed E-state index contributed by atoms with van der Waals surface area (Å²) in [5.74, 6) is -0.0988. The predicted octanol–water partition coefficient (Wildman–Crippen LogP) is 6.67. The van der Waals surface area contributed by atoms with Crippen molar-refractivity contribution in [2.45, 2.75) is 31.7 Å². The van der Waals surface area contributed by atoms with Gasteiger partial charge in [-0.1, -0.05) is 78.2 Å². The number of pyridine rings is 1. The van der Waals surface area contributed by atoms with Crippen LogP contribution in [0.3, 0.4) is 0 Å². The summed E-state index contributed by atoms with van der Waals surface area (Å²) in [4.78, 5) is 32.6. The molecule has 1 N–H and O–H groups in total. The minimum atomic E-state index is -0.413. The van der Waals surface area contributed by atoms with Crippen molar-refractivity contribution < 1.29 is 4.79 Å². The van der Waals surface area contributed by atoms with E-state index in [4.69, 9.17) is 28.3 Å². The molecule has 0 radical (unpaired) electrons. The number of carbonyl (C=O) groups is 1. The number of nitrogens with zero attached hydrogens (tertiary/aromatic N) is 3. The van der Waals surface area contributed by atoms with Crippen molar-refractivity contribution in [1.82, 2.24) is 14.9 Å². The van der Waals surface area contributed by atoms with Crippen molar-refractivity contribution in [3.05, 3.63) is 104 Å². The Morgan fingerprint density at radius 2 is 1.67 bits per heavy atom. The lowest BCUT2D eigenvalue weighted by Crippen LogP contribution is -2.40. The van der Waals surface area contributed by atoms with E-state index in [-0.39, 0.29) is 18.0 Å². The Bertz CT molecular complexity index is 1630. The van der Waals surface area contributed by atoms with Crippen LogP contribution in [0, 0.1) is 0 Å². The molecule has 39 heavy (non-hydrogen) atoms. The normalized spacial score (nSPS) is 17.9. The van der Waals surface area contributed by atoms with Crippen LogP contribution in [0.2, 0.25) is 10.0 Å². The van der Waals surface area contributed by atoms with Gasteiger partial charge in [0, 0.05) is 32.9 Å². The van der Waals surface area contributed by atoms with E-state index >= 15 is 0 Å². The number of fused-ring (bicyclic) bond motifs is 1. The van der Waals surface area contributed by atoms with E-state index < -0.39 is 6.04 Å². The highest BCUT2D eigenvalue weighted by Crippen LogP contribution is 2.39. The number of nitrogens with one attached hydrogen (secondary N) is 1. The number of benzene rings is 3. The van der Waals surface area contributed by atoms with Crippen LogP contribution in [0.4, 0.5) is 0 Å². The summed E-state index contributed by atoms with van der Waals surface area (Å²) in [6, 6.07) is 22.3. The monoisotopic (exact) mass is 558 g/mol. The molecule has 0 unspecified atom stereocenters. The number of aromatic nitrogens is 1. The molecule has 6 rings (SSSR count). The van der Waals surface area contributed by atoms with Gasteiger partial charge in [0.15, 0.2) is 0 Å². The van der Waals surface area contributed by atoms with Gasteiger partial charge in [0.1, 0.15) is 0 Å². The van der Waals surface area contributed by atoms with Crippen LogP contribution in [0.1, 0.15) is 42.9 Å². The topological polar surface area (TPSA) is 68.8 Å². The van der Waals surface area contributed by atoms with Crippen LogP contribution in [0.5, 0.6) is 0 Å². The van der Waals surface area contributed by atoms with Crippen molar-refractivity contribution in [2.75, 3.05) is 19.6 Å². The number of likely N-dealkylation sites (tertiary alicyclic amines) is 1. The van der Waals surface area contributed by atoms with Gasteiger partial charge >= 0.3 is 0 Å². The third-order valence-corrected chi connectivity index (χ3v) is 8.14. The first-order valence-corrected chi connectivity index (χ1v) is 14.0. The maximum absolute atomic E-state index is 13.7. The fraction of sp³-hybridized carbons (Fsp3) is 0.258. The summed E-state index contributed by atoms with van der Waals surface area (Å²) in [6.07, 6.45) is 3.73. The van der Waals surface area contributed by atoms with Gasteiger partial charge in [0.25, 0.3) is 11.5 Å². The highest BCUT2D eigenvalue weighted by molar-refractivity contribution is 6.32. The predicted molar refractivity (Wildman–Crippen MR) is 157 cm³/mol. The Balaban J connectivity index is 1.50. The molecule has 1 amide bonds. The fourth-order valence-electron chi connectivity index (χ4n) is 5.71. The van der Waals surface area contributed by atoms with Crippen molar-refractivity contribution in [2.24, 2.45) is 5.10 Å². The lowest BCUT2D eigenvalue weighted by Gasteiger charge is -2.29. The smallest absolute Gasteiger partial charge is 0.258 e. The van der Waals surface area contributed by atoms with Crippen LogP contribution in [-0.4, -0.2) is 46.1 Å². The number of piperidine rings is 1. The van der Waals surface area contributed by atoms with Gasteiger partial charge in [-0.25, -0.2) is 5.01 Å². The molecule has 4 aromatic rings. The Hall–Kier alpha value is -3.45. The third-order valence-electron chi connectivity index (χ3n) is 7.56. The van der Waals surface area contributed by atoms with E-state index in [1.807, 2.05) is 66.7 Å². The van der Waals surface area contributed by atoms with Gasteiger partial charge in [-0.2, -0.15) is 5.10 Å². The Kier molecular flexibility index (Phi) is 7.26. The number of rotatable bonds is 5. The Morgan fingerprint density at radius 3 is 2.44 bits per heavy atom. The van der Waals surface area contributed by atoms with E-state index in [9.17, 15) is 9.59 Å². The highest BCUT2D eigenvalue weighted by atomic mass is 35.5. The zero-order chi connectivity index (χ0) is 26.9. The van der Waals surface area contributed by atoms with Crippen molar-refractivity contribution >= 4 is 45.7 Å². The number of hydrogen-bond donors (Lipinski definition) is 1. The van der Waals surface area contributed by atoms with Crippen molar-refractivity contribution in [3.8, 4) is 11.1 Å². The molecule has 198 valence electrons. The minimum Gasteiger partial charge on any atom is -0.321 e. The molecule has 2 aliphatic heterocycles. The molecule has 1 fully saturated rings. The zero-order valence-electron chi connectivity index (χ0n) is 21.4. The summed E-state index contributed by atoms with van der Waals surface area (Å²) in [5.41, 5.74) is 3.86. The number of hydrogen-bond acceptors (Lipinski definition) is 4. The van der Waals surface area contributed by atoms with Gasteiger partial charge < -0.3 is 4.98 Å². The molecule has 0 spiro atoms. The maximum Gasteiger partial charge on any atom is 0.258 e. The number of hydrazone groups is 1. The van der Waals surface area contributed by atoms with Crippen LogP contribution in [-0.2, 0) is 4.79 Å². The fourth-order valence-corrected chi connectivity index (χ4v) is 6.14. The lowest BCUT2D eigenvalue weighted by molar-refractivity contribution is -0.134. The molecule has 3 aromatic carbocycles. The van der Waals surface area contributed by atoms with Crippen LogP contribution < -0.4 is 5.56 Å². The number of H-pyrrole nitrogens is 1. The van der Waals surface area contributed by atoms with Gasteiger partial charge in [-0.05, 0) is 61.3 Å². The molecule has 0 aliphatic carbocycles. The number of aromatic amines is 1. The quantitative estimate of drug-likeness (QED) is 0.297. The summed E-state index contributed by atoms with van der Waals surface area (Å²) in [5, 5.41) is 8.36. The molecule has 1 saturated heterocycles. The van der Waals surface area contributed by atoms with Crippen molar-refractivity contribution in [1.29, 1.82) is 0 Å². The zero-order valence-corrected chi connectivity index (χ0v) is 22.9. The number of amides is 1. The molecule has 0 saturated carbocycles. The molecule has 6 nitrogen and oxygen atoms in total. The summed E-state index contributed by atoms with van der Waals surface area (Å²) < 4.78 is 0. The van der Waals surface area contributed by atoms with Gasteiger partial charge in [0.2, 0.25) is 0 Å². The molecular formula is C31H28Cl2N4O2. The van der Waals surface area contributed by atoms with Crippen LogP contribution in [0.15, 0.2) is 82.7 Å². The van der Waals surface area contributed by atoms with Crippen LogP contribution in [0.25, 0.3) is 22.0 Å². The number of halogens is 2. The van der Waals surface area contributed by atoms with Gasteiger partial charge in [-0.15, -0.1) is 0 Å². The van der Waals surface area contributed by atoms with E-state index in [1.54, 1.807) is 11.1 Å². The molecule has 8 heteroatoms. The largest absolute Gasteiger partial charge is 0.321 e. The minimum absolute atomic E-state index is 0.0988. The summed E-state index contributed by atoms with van der Waals surface area (Å²) in [7, 11) is 0. The first kappa shape index (κ1) is 25.8. The van der Waals surface area contributed by atoms with Crippen LogP contribution >= 0.6 is 23.2 Å². The first-order valence-electron chi connectivity index (χ1n) is 13.3. The highest BCUT2D eigenvalue weighted by Gasteiger charge is 2.37. The van der Waals surface area contributed by atoms with Crippen molar-refractivity contribution in [3.63, 3.8) is 0 Å². The molecule has 1 aromatic heterocycles. The summed E-state index contributed by atoms with van der Waals surface area (Å²) in [6.45, 7) is 2.08. The SMILES string of the molecule is O=C(CN1CCCCC1)N1N=C(c2c(-c3ccccc3)c3cc(Cl)ccc3[nH]c2=O)C[C@@H]1c1ccccc1Cl. The van der Waals surface area contributed by atoms with Gasteiger partial charge in [-0.3, -0.25) is 14.5 Å². The second-order valence-electron chi connectivity index (χ2n) is 10.1. The average Bonchev–Trinajstić information content (AvgIpc) is 3.39.